The first-order valence-electron chi connectivity index (χ1n) is 12.8. The molecule has 2 rings (SSSR count). The van der Waals surface area contributed by atoms with Crippen molar-refractivity contribution in [2.24, 2.45) is 0 Å². The van der Waals surface area contributed by atoms with Crippen LogP contribution >= 0.6 is 0 Å². The second-order valence-electron chi connectivity index (χ2n) is 6.65. The molecule has 0 aliphatic rings. The molecule has 1 heterocycles. The summed E-state index contributed by atoms with van der Waals surface area (Å²) in [5, 5.41) is 32.0. The number of phenolic OH excluding ortho intramolecular Hbond substituents is 1. The third-order valence-corrected chi connectivity index (χ3v) is 4.11. The Kier molecular flexibility index (Phi) is 32.6. The number of aromatic nitrogens is 2. The van der Waals surface area contributed by atoms with Crippen molar-refractivity contribution in [3.8, 4) is 18.6 Å². The lowest BCUT2D eigenvalue weighted by Gasteiger charge is -2.16. The molecule has 0 saturated carbocycles. The maximum Gasteiger partial charge on any atom is 0.257 e. The van der Waals surface area contributed by atoms with Crippen molar-refractivity contribution in [1.82, 2.24) is 20.5 Å². The Bertz CT molecular complexity index is 883. The lowest BCUT2D eigenvalue weighted by atomic mass is 10.1. The molecular formula is C28H51N7O4. The molecule has 0 aliphatic carbocycles. The summed E-state index contributed by atoms with van der Waals surface area (Å²) in [4.78, 5) is 13.0. The third-order valence-electron chi connectivity index (χ3n) is 4.11. The molecule has 1 aromatic carbocycles. The molecule has 2 aromatic rings. The number of anilines is 2. The number of nitrogens with zero attached hydrogens (tertiary/aromatic N) is 3. The highest BCUT2D eigenvalue weighted by Gasteiger charge is 2.14. The molecule has 39 heavy (non-hydrogen) atoms. The van der Waals surface area contributed by atoms with Crippen LogP contribution in [0.4, 0.5) is 11.5 Å². The van der Waals surface area contributed by atoms with Gasteiger partial charge in [0.15, 0.2) is 11.6 Å². The number of ether oxygens (including phenoxy) is 1. The van der Waals surface area contributed by atoms with Crippen LogP contribution in [0.3, 0.4) is 0 Å². The average molecular weight is 550 g/mol. The predicted molar refractivity (Wildman–Crippen MR) is 164 cm³/mol. The van der Waals surface area contributed by atoms with Crippen LogP contribution in [0.25, 0.3) is 0 Å². The highest BCUT2D eigenvalue weighted by atomic mass is 16.6. The van der Waals surface area contributed by atoms with Crippen molar-refractivity contribution in [3.05, 3.63) is 41.8 Å². The van der Waals surface area contributed by atoms with E-state index in [-0.39, 0.29) is 17.7 Å². The number of phenols is 1. The standard InChI is InChI=1S/C10H14N2O2.C9H18N2O.C3H5N3O.2C2H6.C2H2/c1-11-8-6-4-5-7(9(8)13)10(14)12(2)3;1-4-9(12-5-2)8(3)11-7-6-10;1-4-3-2-5-7-6-3;3*1-2/h4-6,11,13H,1-3H3;4,6,8,10-11H,5,7H2,1-3H3;2H,1H3,(H,4,6);2*1-2H3;1-2H/b;9-4-,10-6?;;;;/t;8-;;;;/m.1..../s1. The number of aromatic hydroxyl groups is 1. The number of nitrogens with one attached hydrogen (secondary N) is 4. The van der Waals surface area contributed by atoms with Crippen LogP contribution in [0.1, 0.15) is 58.8 Å². The Balaban J connectivity index is -0.000000222. The van der Waals surface area contributed by atoms with Crippen LogP contribution in [-0.4, -0.2) is 79.8 Å². The zero-order chi connectivity index (χ0) is 31.2. The van der Waals surface area contributed by atoms with Crippen LogP contribution in [0.5, 0.6) is 5.75 Å². The summed E-state index contributed by atoms with van der Waals surface area (Å²) < 4.78 is 9.62. The summed E-state index contributed by atoms with van der Waals surface area (Å²) in [7, 11) is 6.74. The Morgan fingerprint density at radius 3 is 2.15 bits per heavy atom. The fraction of sp³-hybridized carbons (Fsp3) is 0.500. The molecular weight excluding hydrogens is 498 g/mol. The molecule has 0 fully saturated rings. The van der Waals surface area contributed by atoms with Crippen molar-refractivity contribution >= 4 is 23.6 Å². The van der Waals surface area contributed by atoms with E-state index in [1.54, 1.807) is 46.4 Å². The van der Waals surface area contributed by atoms with Gasteiger partial charge in [0.05, 0.1) is 23.9 Å². The van der Waals surface area contributed by atoms with Gasteiger partial charge in [-0.05, 0) is 44.1 Å². The van der Waals surface area contributed by atoms with Gasteiger partial charge in [-0.25, -0.2) is 4.63 Å². The largest absolute Gasteiger partial charge is 0.505 e. The number of terminal acetylenes is 1. The molecule has 0 aliphatic heterocycles. The third kappa shape index (κ3) is 19.7. The van der Waals surface area contributed by atoms with E-state index in [1.165, 1.54) is 17.3 Å². The molecule has 1 atom stereocenters. The fourth-order valence-electron chi connectivity index (χ4n) is 2.39. The van der Waals surface area contributed by atoms with E-state index in [9.17, 15) is 9.90 Å². The summed E-state index contributed by atoms with van der Waals surface area (Å²) in [6.07, 6.45) is 12.8. The fourth-order valence-corrected chi connectivity index (χ4v) is 2.39. The van der Waals surface area contributed by atoms with Gasteiger partial charge in [-0.1, -0.05) is 38.9 Å². The molecule has 11 heteroatoms. The summed E-state index contributed by atoms with van der Waals surface area (Å²) in [5.41, 5.74) is 0.861. The number of hydrogen-bond donors (Lipinski definition) is 5. The molecule has 0 spiro atoms. The number of carbonyl (C=O) groups excluding carboxylic acids is 1. The van der Waals surface area contributed by atoms with Crippen molar-refractivity contribution in [1.29, 1.82) is 5.41 Å². The van der Waals surface area contributed by atoms with E-state index in [0.29, 0.717) is 30.2 Å². The molecule has 0 saturated heterocycles. The van der Waals surface area contributed by atoms with Gasteiger partial charge in [0.25, 0.3) is 5.91 Å². The Morgan fingerprint density at radius 1 is 1.21 bits per heavy atom. The molecule has 1 amide bonds. The first-order chi connectivity index (χ1) is 18.8. The molecule has 222 valence electrons. The molecule has 5 N–H and O–H groups in total. The second-order valence-corrected chi connectivity index (χ2v) is 6.65. The highest BCUT2D eigenvalue weighted by molar-refractivity contribution is 5.98. The predicted octanol–water partition coefficient (Wildman–Crippen LogP) is 5.10. The van der Waals surface area contributed by atoms with Crippen LogP contribution in [0.15, 0.2) is 40.9 Å². The van der Waals surface area contributed by atoms with Gasteiger partial charge in [0, 0.05) is 41.0 Å². The van der Waals surface area contributed by atoms with Gasteiger partial charge in [-0.15, -0.1) is 12.8 Å². The van der Waals surface area contributed by atoms with Crippen molar-refractivity contribution in [2.75, 3.05) is 52.0 Å². The van der Waals surface area contributed by atoms with Crippen molar-refractivity contribution in [2.45, 2.75) is 54.5 Å². The molecule has 0 unspecified atom stereocenters. The second kappa shape index (κ2) is 30.2. The number of allylic oxidation sites excluding steroid dienone is 1. The van der Waals surface area contributed by atoms with Crippen molar-refractivity contribution < 1.29 is 19.3 Å². The normalized spacial score (nSPS) is 9.72. The number of hydrogen-bond acceptors (Lipinski definition) is 10. The van der Waals surface area contributed by atoms with Crippen LogP contribution in [0.2, 0.25) is 0 Å². The van der Waals surface area contributed by atoms with Gasteiger partial charge in [-0.2, -0.15) is 0 Å². The van der Waals surface area contributed by atoms with Gasteiger partial charge in [0.2, 0.25) is 0 Å². The monoisotopic (exact) mass is 549 g/mol. The summed E-state index contributed by atoms with van der Waals surface area (Å²) >= 11 is 0. The summed E-state index contributed by atoms with van der Waals surface area (Å²) in [5.74, 6) is 1.38. The number of rotatable bonds is 9. The van der Waals surface area contributed by atoms with Gasteiger partial charge < -0.3 is 36.1 Å². The Hall–Kier alpha value is -4.04. The van der Waals surface area contributed by atoms with E-state index in [0.717, 1.165) is 5.76 Å². The molecule has 11 nitrogen and oxygen atoms in total. The van der Waals surface area contributed by atoms with Crippen LogP contribution in [0, 0.1) is 18.3 Å². The molecule has 1 aromatic heterocycles. The van der Waals surface area contributed by atoms with Crippen LogP contribution < -0.4 is 16.0 Å². The number of carbonyl (C=O) groups is 1. The minimum atomic E-state index is -0.209. The maximum atomic E-state index is 11.6. The average Bonchev–Trinajstić information content (AvgIpc) is 3.52. The van der Waals surface area contributed by atoms with Gasteiger partial charge >= 0.3 is 0 Å². The van der Waals surface area contributed by atoms with E-state index in [4.69, 9.17) is 10.1 Å². The molecule has 0 bridgehead atoms. The first-order valence-corrected chi connectivity index (χ1v) is 12.8. The van der Waals surface area contributed by atoms with Crippen LogP contribution in [-0.2, 0) is 4.74 Å². The lowest BCUT2D eigenvalue weighted by molar-refractivity contribution is 0.0824. The quantitative estimate of drug-likeness (QED) is 0.125. The van der Waals surface area contributed by atoms with E-state index in [2.05, 4.69) is 43.7 Å². The van der Waals surface area contributed by atoms with Gasteiger partial charge in [0.1, 0.15) is 12.0 Å². The minimum absolute atomic E-state index is 0.00583. The van der Waals surface area contributed by atoms with Crippen molar-refractivity contribution in [3.63, 3.8) is 0 Å². The maximum absolute atomic E-state index is 11.6. The Labute approximate surface area is 235 Å². The van der Waals surface area contributed by atoms with Gasteiger partial charge in [-0.3, -0.25) is 4.79 Å². The topological polar surface area (TPSA) is 149 Å². The van der Waals surface area contributed by atoms with E-state index < -0.39 is 0 Å². The number of para-hydroxylation sites is 1. The minimum Gasteiger partial charge on any atom is -0.505 e. The SMILES string of the molecule is C#C.C/C=C(\OCC)[C@@H](C)NCC=N.CC.CC.CNc1cccc(C(=O)N(C)C)c1O.CNc1cnon1. The summed E-state index contributed by atoms with van der Waals surface area (Å²) in [6, 6.07) is 5.22. The number of amides is 1. The number of benzene rings is 1. The smallest absolute Gasteiger partial charge is 0.257 e. The van der Waals surface area contributed by atoms with E-state index in [1.807, 2.05) is 54.5 Å². The zero-order valence-corrected chi connectivity index (χ0v) is 25.6. The summed E-state index contributed by atoms with van der Waals surface area (Å²) in [6.45, 7) is 15.2. The lowest BCUT2D eigenvalue weighted by Crippen LogP contribution is -2.30. The van der Waals surface area contributed by atoms with E-state index >= 15 is 0 Å². The Morgan fingerprint density at radius 2 is 1.79 bits per heavy atom. The first kappa shape index (κ1) is 42.1. The highest BCUT2D eigenvalue weighted by Crippen LogP contribution is 2.27. The zero-order valence-electron chi connectivity index (χ0n) is 25.6. The molecule has 0 radical (unpaired) electrons.